The summed E-state index contributed by atoms with van der Waals surface area (Å²) in [7, 11) is 2.11. The Morgan fingerprint density at radius 3 is 2.71 bits per heavy atom. The highest BCUT2D eigenvalue weighted by molar-refractivity contribution is 5.84. The number of hydrogen-bond acceptors (Lipinski definition) is 4. The van der Waals surface area contributed by atoms with Gasteiger partial charge >= 0.3 is 0 Å². The molecule has 151 valence electrons. The van der Waals surface area contributed by atoms with Crippen LogP contribution in [0.4, 0.5) is 0 Å². The molecule has 6 nitrogen and oxygen atoms in total. The molecule has 2 saturated heterocycles. The number of rotatable bonds is 7. The molecule has 0 aliphatic carbocycles. The van der Waals surface area contributed by atoms with E-state index in [1.807, 2.05) is 11.1 Å². The number of nitrogens with zero attached hydrogens (tertiary/aromatic N) is 3. The number of benzene rings is 1. The zero-order valence-corrected chi connectivity index (χ0v) is 16.9. The lowest BCUT2D eigenvalue weighted by Crippen LogP contribution is -2.47. The first-order valence-electron chi connectivity index (χ1n) is 10.5. The molecule has 2 aliphatic heterocycles. The number of likely N-dealkylation sites (N-methyl/N-ethyl adjacent to an activating group) is 1. The SMILES string of the molecule is CN1CCN(C(=O)CCCOc2ccc3[c]c[nH]c3c2CN2CCCC2)CC1. The summed E-state index contributed by atoms with van der Waals surface area (Å²) in [5, 5.41) is 1.10. The summed E-state index contributed by atoms with van der Waals surface area (Å²) in [4.78, 5) is 22.5. The molecule has 1 amide bonds. The van der Waals surface area contributed by atoms with Crippen molar-refractivity contribution >= 4 is 16.8 Å². The number of carbonyl (C=O) groups is 1. The van der Waals surface area contributed by atoms with Crippen molar-refractivity contribution in [1.82, 2.24) is 19.7 Å². The lowest BCUT2D eigenvalue weighted by molar-refractivity contribution is -0.133. The Kier molecular flexibility index (Phi) is 6.17. The highest BCUT2D eigenvalue weighted by Crippen LogP contribution is 2.29. The summed E-state index contributed by atoms with van der Waals surface area (Å²) >= 11 is 0. The van der Waals surface area contributed by atoms with E-state index in [4.69, 9.17) is 4.74 Å². The summed E-state index contributed by atoms with van der Waals surface area (Å²) in [6, 6.07) is 7.37. The lowest BCUT2D eigenvalue weighted by atomic mass is 10.1. The van der Waals surface area contributed by atoms with Crippen LogP contribution in [-0.2, 0) is 11.3 Å². The van der Waals surface area contributed by atoms with Crippen LogP contribution in [0.2, 0.25) is 0 Å². The molecule has 0 saturated carbocycles. The standard InChI is InChI=1S/C22H31N4O2/c1-24-12-14-26(15-13-24)21(27)5-4-16-28-20-7-6-18-8-9-23-22(18)19(20)17-25-10-2-3-11-25/h6-7,9,23H,2-5,10-17H2,1H3. The van der Waals surface area contributed by atoms with Crippen LogP contribution in [0, 0.1) is 6.07 Å². The number of aromatic amines is 1. The van der Waals surface area contributed by atoms with Crippen LogP contribution in [0.25, 0.3) is 10.9 Å². The van der Waals surface area contributed by atoms with Crippen LogP contribution in [0.5, 0.6) is 5.75 Å². The van der Waals surface area contributed by atoms with Gasteiger partial charge in [-0.1, -0.05) is 0 Å². The molecule has 1 aromatic carbocycles. The summed E-state index contributed by atoms with van der Waals surface area (Å²) in [6.07, 6.45) is 5.73. The molecule has 1 aromatic heterocycles. The number of fused-ring (bicyclic) bond motifs is 1. The predicted molar refractivity (Wildman–Crippen MR) is 110 cm³/mol. The fraction of sp³-hybridized carbons (Fsp3) is 0.591. The summed E-state index contributed by atoms with van der Waals surface area (Å²) < 4.78 is 6.14. The summed E-state index contributed by atoms with van der Waals surface area (Å²) in [5.74, 6) is 1.19. The van der Waals surface area contributed by atoms with Crippen molar-refractivity contribution in [2.75, 3.05) is 52.9 Å². The van der Waals surface area contributed by atoms with Gasteiger partial charge in [-0.3, -0.25) is 9.69 Å². The Hall–Kier alpha value is -2.05. The van der Waals surface area contributed by atoms with Crippen LogP contribution in [0.3, 0.4) is 0 Å². The van der Waals surface area contributed by atoms with Crippen LogP contribution in [0.15, 0.2) is 18.3 Å². The molecule has 0 spiro atoms. The monoisotopic (exact) mass is 383 g/mol. The van der Waals surface area contributed by atoms with Crippen molar-refractivity contribution in [1.29, 1.82) is 0 Å². The lowest BCUT2D eigenvalue weighted by Gasteiger charge is -2.32. The van der Waals surface area contributed by atoms with Gasteiger partial charge in [-0.05, 0) is 51.5 Å². The van der Waals surface area contributed by atoms with Gasteiger partial charge in [0, 0.05) is 62.4 Å². The molecular formula is C22H31N4O2. The zero-order valence-electron chi connectivity index (χ0n) is 16.9. The Balaban J connectivity index is 1.33. The largest absolute Gasteiger partial charge is 0.493 e. The molecule has 1 N–H and O–H groups in total. The highest BCUT2D eigenvalue weighted by atomic mass is 16.5. The van der Waals surface area contributed by atoms with E-state index in [0.717, 1.165) is 68.9 Å². The van der Waals surface area contributed by atoms with Gasteiger partial charge in [0.05, 0.1) is 12.1 Å². The smallest absolute Gasteiger partial charge is 0.222 e. The van der Waals surface area contributed by atoms with Crippen molar-refractivity contribution in [2.45, 2.75) is 32.2 Å². The Labute approximate surface area is 167 Å². The van der Waals surface area contributed by atoms with Gasteiger partial charge in [0.1, 0.15) is 5.75 Å². The normalized spacial score (nSPS) is 18.8. The summed E-state index contributed by atoms with van der Waals surface area (Å²) in [5.41, 5.74) is 2.34. The third kappa shape index (κ3) is 4.50. The minimum absolute atomic E-state index is 0.253. The second-order valence-corrected chi connectivity index (χ2v) is 8.02. The van der Waals surface area contributed by atoms with Gasteiger partial charge in [-0.25, -0.2) is 0 Å². The Bertz CT molecular complexity index is 789. The molecule has 0 unspecified atom stereocenters. The molecule has 1 radical (unpaired) electrons. The third-order valence-corrected chi connectivity index (χ3v) is 5.94. The number of nitrogens with one attached hydrogen (secondary N) is 1. The third-order valence-electron chi connectivity index (χ3n) is 5.94. The number of ether oxygens (including phenoxy) is 1. The molecule has 6 heteroatoms. The van der Waals surface area contributed by atoms with Gasteiger partial charge in [0.15, 0.2) is 0 Å². The molecule has 2 aromatic rings. The van der Waals surface area contributed by atoms with Gasteiger partial charge < -0.3 is 19.5 Å². The molecule has 0 atom stereocenters. The maximum atomic E-state index is 12.4. The minimum atomic E-state index is 0.253. The van der Waals surface area contributed by atoms with E-state index in [2.05, 4.69) is 40.0 Å². The fourth-order valence-electron chi connectivity index (χ4n) is 4.18. The highest BCUT2D eigenvalue weighted by Gasteiger charge is 2.19. The average Bonchev–Trinajstić information content (AvgIpc) is 3.38. The average molecular weight is 384 g/mol. The number of aromatic nitrogens is 1. The molecule has 4 rings (SSSR count). The number of hydrogen-bond donors (Lipinski definition) is 1. The van der Waals surface area contributed by atoms with Crippen molar-refractivity contribution in [3.05, 3.63) is 30.0 Å². The van der Waals surface area contributed by atoms with Gasteiger partial charge in [0.25, 0.3) is 0 Å². The van der Waals surface area contributed by atoms with Gasteiger partial charge in [-0.15, -0.1) is 0 Å². The fourth-order valence-corrected chi connectivity index (χ4v) is 4.18. The van der Waals surface area contributed by atoms with E-state index in [-0.39, 0.29) is 5.91 Å². The summed E-state index contributed by atoms with van der Waals surface area (Å²) in [6.45, 7) is 7.40. The quantitative estimate of drug-likeness (QED) is 0.747. The first-order valence-corrected chi connectivity index (χ1v) is 10.5. The van der Waals surface area contributed by atoms with Gasteiger partial charge in [-0.2, -0.15) is 0 Å². The number of H-pyrrole nitrogens is 1. The Morgan fingerprint density at radius 1 is 1.14 bits per heavy atom. The molecule has 28 heavy (non-hydrogen) atoms. The van der Waals surface area contributed by atoms with E-state index < -0.39 is 0 Å². The van der Waals surface area contributed by atoms with E-state index in [0.29, 0.717) is 13.0 Å². The van der Waals surface area contributed by atoms with Crippen molar-refractivity contribution < 1.29 is 9.53 Å². The van der Waals surface area contributed by atoms with E-state index in [1.54, 1.807) is 0 Å². The topological polar surface area (TPSA) is 51.8 Å². The second kappa shape index (κ2) is 8.97. The first kappa shape index (κ1) is 19.3. The van der Waals surface area contributed by atoms with Crippen LogP contribution in [0.1, 0.15) is 31.2 Å². The maximum absolute atomic E-state index is 12.4. The van der Waals surface area contributed by atoms with Crippen molar-refractivity contribution in [2.24, 2.45) is 0 Å². The number of piperazine rings is 1. The minimum Gasteiger partial charge on any atom is -0.493 e. The Morgan fingerprint density at radius 2 is 1.93 bits per heavy atom. The van der Waals surface area contributed by atoms with Crippen molar-refractivity contribution in [3.63, 3.8) is 0 Å². The molecule has 3 heterocycles. The zero-order chi connectivity index (χ0) is 19.3. The first-order chi connectivity index (χ1) is 13.7. The van der Waals surface area contributed by atoms with Gasteiger partial charge in [0.2, 0.25) is 5.91 Å². The van der Waals surface area contributed by atoms with Crippen LogP contribution in [-0.4, -0.2) is 78.5 Å². The van der Waals surface area contributed by atoms with Crippen LogP contribution >= 0.6 is 0 Å². The molecule has 2 aliphatic rings. The molecular weight excluding hydrogens is 352 g/mol. The van der Waals surface area contributed by atoms with Crippen molar-refractivity contribution in [3.8, 4) is 5.75 Å². The number of likely N-dealkylation sites (tertiary alicyclic amines) is 1. The maximum Gasteiger partial charge on any atom is 0.222 e. The predicted octanol–water partition coefficient (Wildman–Crippen LogP) is 2.50. The second-order valence-electron chi connectivity index (χ2n) is 8.02. The van der Waals surface area contributed by atoms with E-state index >= 15 is 0 Å². The van der Waals surface area contributed by atoms with E-state index in [9.17, 15) is 4.79 Å². The molecule has 0 bridgehead atoms. The molecule has 2 fully saturated rings. The van der Waals surface area contributed by atoms with Crippen LogP contribution < -0.4 is 4.74 Å². The number of amides is 1. The van der Waals surface area contributed by atoms with E-state index in [1.165, 1.54) is 18.4 Å². The number of carbonyl (C=O) groups excluding carboxylic acids is 1.